The summed E-state index contributed by atoms with van der Waals surface area (Å²) in [6, 6.07) is 0. The Morgan fingerprint density at radius 3 is 2.62 bits per heavy atom. The minimum Gasteiger partial charge on any atom is -0.457 e. The molecular formula is C5H6O3. The summed E-state index contributed by atoms with van der Waals surface area (Å²) in [6.07, 6.45) is 2.07. The molecule has 0 unspecified atom stereocenters. The van der Waals surface area contributed by atoms with Crippen LogP contribution in [-0.4, -0.2) is 18.4 Å². The van der Waals surface area contributed by atoms with Crippen LogP contribution >= 0.6 is 0 Å². The van der Waals surface area contributed by atoms with Crippen molar-refractivity contribution in [3.63, 3.8) is 0 Å². The molecule has 44 valence electrons. The highest BCUT2D eigenvalue weighted by Gasteiger charge is 2.25. The Bertz CT molecular complexity index is 115. The van der Waals surface area contributed by atoms with Gasteiger partial charge in [0.15, 0.2) is 0 Å². The molecule has 1 fully saturated rings. The lowest BCUT2D eigenvalue weighted by molar-refractivity contribution is -0.149. The fraction of sp³-hybridized carbons (Fsp3) is 0.600. The number of aldehydes is 1. The summed E-state index contributed by atoms with van der Waals surface area (Å²) in [4.78, 5) is 19.7. The van der Waals surface area contributed by atoms with E-state index in [1.165, 1.54) is 0 Å². The Labute approximate surface area is 46.6 Å². The second-order valence-corrected chi connectivity index (χ2v) is 1.75. The zero-order valence-corrected chi connectivity index (χ0v) is 4.29. The summed E-state index contributed by atoms with van der Waals surface area (Å²) in [5.41, 5.74) is 0. The van der Waals surface area contributed by atoms with Crippen molar-refractivity contribution in [3.05, 3.63) is 0 Å². The van der Waals surface area contributed by atoms with Gasteiger partial charge in [-0.3, -0.25) is 4.79 Å². The standard InChI is InChI=1S/C5H6O3/c6-3-5(7)8-4-1-2-4/h3-4H,1-2H2. The topological polar surface area (TPSA) is 43.4 Å². The summed E-state index contributed by atoms with van der Waals surface area (Å²) in [5, 5.41) is 0. The monoisotopic (exact) mass is 114 g/mol. The highest BCUT2D eigenvalue weighted by atomic mass is 16.6. The van der Waals surface area contributed by atoms with E-state index in [1.807, 2.05) is 0 Å². The molecule has 3 nitrogen and oxygen atoms in total. The lowest BCUT2D eigenvalue weighted by Gasteiger charge is -1.91. The molecule has 8 heavy (non-hydrogen) atoms. The van der Waals surface area contributed by atoms with Crippen LogP contribution in [0.15, 0.2) is 0 Å². The van der Waals surface area contributed by atoms with Gasteiger partial charge in [0.2, 0.25) is 6.29 Å². The normalized spacial score (nSPS) is 17.5. The first kappa shape index (κ1) is 5.28. The number of esters is 1. The van der Waals surface area contributed by atoms with Gasteiger partial charge in [-0.2, -0.15) is 0 Å². The van der Waals surface area contributed by atoms with Crippen molar-refractivity contribution in [1.82, 2.24) is 0 Å². The largest absolute Gasteiger partial charge is 0.457 e. The average Bonchev–Trinajstić information content (AvgIpc) is 2.50. The lowest BCUT2D eigenvalue weighted by atomic mass is 10.7. The first-order valence-corrected chi connectivity index (χ1v) is 2.48. The third-order valence-electron chi connectivity index (χ3n) is 0.903. The van der Waals surface area contributed by atoms with E-state index < -0.39 is 5.97 Å². The molecule has 0 heterocycles. The van der Waals surface area contributed by atoms with Crippen LogP contribution in [0.4, 0.5) is 0 Å². The van der Waals surface area contributed by atoms with Gasteiger partial charge < -0.3 is 4.74 Å². The fourth-order valence-electron chi connectivity index (χ4n) is 0.378. The second-order valence-electron chi connectivity index (χ2n) is 1.75. The maximum absolute atomic E-state index is 10.1. The average molecular weight is 114 g/mol. The molecule has 0 bridgehead atoms. The zero-order valence-electron chi connectivity index (χ0n) is 4.29. The molecule has 0 spiro atoms. The van der Waals surface area contributed by atoms with E-state index in [1.54, 1.807) is 0 Å². The SMILES string of the molecule is O=CC(=O)OC1CC1. The van der Waals surface area contributed by atoms with Crippen LogP contribution < -0.4 is 0 Å². The molecule has 0 N–H and O–H groups in total. The van der Waals surface area contributed by atoms with Gasteiger partial charge in [0, 0.05) is 0 Å². The highest BCUT2D eigenvalue weighted by molar-refractivity contribution is 6.20. The van der Waals surface area contributed by atoms with Crippen molar-refractivity contribution in [2.75, 3.05) is 0 Å². The first-order valence-electron chi connectivity index (χ1n) is 2.48. The minimum atomic E-state index is -0.743. The first-order chi connectivity index (χ1) is 3.83. The molecule has 0 saturated heterocycles. The van der Waals surface area contributed by atoms with E-state index >= 15 is 0 Å². The summed E-state index contributed by atoms with van der Waals surface area (Å²) < 4.78 is 4.50. The van der Waals surface area contributed by atoms with E-state index in [9.17, 15) is 9.59 Å². The molecule has 1 rings (SSSR count). The van der Waals surface area contributed by atoms with Crippen molar-refractivity contribution in [2.45, 2.75) is 18.9 Å². The van der Waals surface area contributed by atoms with Crippen molar-refractivity contribution >= 4 is 12.3 Å². The molecule has 0 aromatic heterocycles. The molecule has 0 radical (unpaired) electrons. The van der Waals surface area contributed by atoms with Crippen LogP contribution in [0.3, 0.4) is 0 Å². The molecule has 1 saturated carbocycles. The summed E-state index contributed by atoms with van der Waals surface area (Å²) >= 11 is 0. The molecule has 1 aliphatic rings. The number of hydrogen-bond acceptors (Lipinski definition) is 3. The van der Waals surface area contributed by atoms with Crippen LogP contribution in [-0.2, 0) is 14.3 Å². The van der Waals surface area contributed by atoms with Crippen LogP contribution in [0.1, 0.15) is 12.8 Å². The van der Waals surface area contributed by atoms with Gasteiger partial charge >= 0.3 is 5.97 Å². The Balaban J connectivity index is 2.16. The summed E-state index contributed by atoms with van der Waals surface area (Å²) in [6.45, 7) is 0. The Kier molecular flexibility index (Phi) is 1.28. The number of carbonyl (C=O) groups is 2. The van der Waals surface area contributed by atoms with E-state index in [0.29, 0.717) is 0 Å². The van der Waals surface area contributed by atoms with Gasteiger partial charge in [0.25, 0.3) is 0 Å². The number of ether oxygens (including phenoxy) is 1. The molecule has 0 aliphatic heterocycles. The van der Waals surface area contributed by atoms with Crippen LogP contribution in [0, 0.1) is 0 Å². The van der Waals surface area contributed by atoms with Crippen molar-refractivity contribution in [2.24, 2.45) is 0 Å². The molecule has 3 heteroatoms. The Morgan fingerprint density at radius 1 is 1.62 bits per heavy atom. The van der Waals surface area contributed by atoms with Crippen molar-refractivity contribution in [1.29, 1.82) is 0 Å². The number of hydrogen-bond donors (Lipinski definition) is 0. The molecule has 0 atom stereocenters. The van der Waals surface area contributed by atoms with E-state index in [4.69, 9.17) is 0 Å². The van der Waals surface area contributed by atoms with Crippen LogP contribution in [0.5, 0.6) is 0 Å². The minimum absolute atomic E-state index is 0.0488. The maximum atomic E-state index is 10.1. The maximum Gasteiger partial charge on any atom is 0.371 e. The molecule has 0 aromatic rings. The quantitative estimate of drug-likeness (QED) is 0.286. The fourth-order valence-corrected chi connectivity index (χ4v) is 0.378. The van der Waals surface area contributed by atoms with E-state index in [2.05, 4.69) is 4.74 Å². The smallest absolute Gasteiger partial charge is 0.371 e. The number of rotatable bonds is 2. The highest BCUT2D eigenvalue weighted by Crippen LogP contribution is 2.22. The van der Waals surface area contributed by atoms with Gasteiger partial charge in [-0.05, 0) is 12.8 Å². The number of carbonyl (C=O) groups excluding carboxylic acids is 2. The Morgan fingerprint density at radius 2 is 2.25 bits per heavy atom. The molecule has 1 aliphatic carbocycles. The van der Waals surface area contributed by atoms with E-state index in [0.717, 1.165) is 12.8 Å². The lowest BCUT2D eigenvalue weighted by Crippen LogP contribution is -2.05. The van der Waals surface area contributed by atoms with Gasteiger partial charge in [-0.25, -0.2) is 4.79 Å². The summed E-state index contributed by atoms with van der Waals surface area (Å²) in [5.74, 6) is -0.743. The Hall–Kier alpha value is -0.860. The zero-order chi connectivity index (χ0) is 5.98. The van der Waals surface area contributed by atoms with Gasteiger partial charge in [0.05, 0.1) is 0 Å². The van der Waals surface area contributed by atoms with Gasteiger partial charge in [0.1, 0.15) is 6.10 Å². The van der Waals surface area contributed by atoms with E-state index in [-0.39, 0.29) is 12.4 Å². The van der Waals surface area contributed by atoms with Crippen LogP contribution in [0.2, 0.25) is 0 Å². The second kappa shape index (κ2) is 1.94. The molecule has 0 amide bonds. The molecule has 0 aromatic carbocycles. The third kappa shape index (κ3) is 1.33. The summed E-state index contributed by atoms with van der Waals surface area (Å²) in [7, 11) is 0. The predicted molar refractivity (Wildman–Crippen MR) is 25.2 cm³/mol. The van der Waals surface area contributed by atoms with Crippen molar-refractivity contribution in [3.8, 4) is 0 Å². The van der Waals surface area contributed by atoms with Crippen molar-refractivity contribution < 1.29 is 14.3 Å². The van der Waals surface area contributed by atoms with Gasteiger partial charge in [-0.1, -0.05) is 0 Å². The predicted octanol–water partition coefficient (Wildman–Crippen LogP) is -0.109. The van der Waals surface area contributed by atoms with Gasteiger partial charge in [-0.15, -0.1) is 0 Å². The molecular weight excluding hydrogens is 108 g/mol. The third-order valence-corrected chi connectivity index (χ3v) is 0.903. The van der Waals surface area contributed by atoms with Crippen LogP contribution in [0.25, 0.3) is 0 Å².